The van der Waals surface area contributed by atoms with Crippen molar-refractivity contribution >= 4 is 27.9 Å². The Kier molecular flexibility index (Phi) is 20.2. The molecule has 1 nitrogen and oxygen atoms in total. The van der Waals surface area contributed by atoms with E-state index in [9.17, 15) is 0 Å². The van der Waals surface area contributed by atoms with Gasteiger partial charge in [0.05, 0.1) is 0 Å². The zero-order chi connectivity index (χ0) is 27.1. The van der Waals surface area contributed by atoms with Gasteiger partial charge >= 0.3 is 136 Å². The first-order chi connectivity index (χ1) is 18.7. The van der Waals surface area contributed by atoms with E-state index in [0.717, 1.165) is 27.5 Å². The van der Waals surface area contributed by atoms with Gasteiger partial charge in [-0.05, 0) is 24.5 Å². The Morgan fingerprint density at radius 3 is 1.39 bits per heavy atom. The molecule has 2 aromatic rings. The van der Waals surface area contributed by atoms with Crippen molar-refractivity contribution in [3.8, 4) is 11.5 Å². The zero-order valence-electron chi connectivity index (χ0n) is 25.5. The van der Waals surface area contributed by atoms with Gasteiger partial charge in [0.2, 0.25) is 0 Å². The van der Waals surface area contributed by atoms with Crippen LogP contribution in [0.2, 0.25) is 3.17 Å². The first-order valence-corrected chi connectivity index (χ1v) is 17.7. The molecule has 2 heteroatoms. The van der Waals surface area contributed by atoms with E-state index in [2.05, 4.69) is 62.4 Å². The van der Waals surface area contributed by atoms with Crippen molar-refractivity contribution in [1.29, 1.82) is 0 Å². The second-order valence-corrected chi connectivity index (χ2v) is 13.4. The molecule has 2 aromatic carbocycles. The quantitative estimate of drug-likeness (QED) is 0.0972. The van der Waals surface area contributed by atoms with Gasteiger partial charge in [0.25, 0.3) is 0 Å². The van der Waals surface area contributed by atoms with Crippen molar-refractivity contribution in [1.82, 2.24) is 0 Å². The zero-order valence-corrected chi connectivity index (χ0v) is 27.5. The van der Waals surface area contributed by atoms with E-state index in [4.69, 9.17) is 4.74 Å². The summed E-state index contributed by atoms with van der Waals surface area (Å²) < 4.78 is 7.59. The predicted octanol–water partition coefficient (Wildman–Crippen LogP) is 12.0. The van der Waals surface area contributed by atoms with Gasteiger partial charge in [-0.2, -0.15) is 0 Å². The third-order valence-corrected chi connectivity index (χ3v) is 9.29. The molecule has 1 atom stereocenters. The second-order valence-electron chi connectivity index (χ2n) is 11.8. The molecule has 0 N–H and O–H groups in total. The van der Waals surface area contributed by atoms with E-state index in [0.29, 0.717) is 0 Å². The predicted molar refractivity (Wildman–Crippen MR) is 169 cm³/mol. The Balaban J connectivity index is 1.67. The maximum atomic E-state index is 6.54. The summed E-state index contributed by atoms with van der Waals surface area (Å²) >= 11 is 1.38. The van der Waals surface area contributed by atoms with E-state index in [-0.39, 0.29) is 0 Å². The molecular weight excluding hydrogens is 471 g/mol. The number of aryl methyl sites for hydroxylation is 2. The van der Waals surface area contributed by atoms with Crippen molar-refractivity contribution in [3.63, 3.8) is 0 Å². The molecule has 2 rings (SSSR count). The molecular formula is C36H57NaO. The summed E-state index contributed by atoms with van der Waals surface area (Å²) in [4.78, 5) is 0. The van der Waals surface area contributed by atoms with Crippen LogP contribution >= 0.6 is 0 Å². The molecule has 1 unspecified atom stereocenters. The van der Waals surface area contributed by atoms with Crippen LogP contribution in [0.15, 0.2) is 48.5 Å². The Morgan fingerprint density at radius 2 is 0.921 bits per heavy atom. The normalized spacial score (nSPS) is 12.1. The molecule has 0 radical (unpaired) electrons. The summed E-state index contributed by atoms with van der Waals surface area (Å²) in [7, 11) is 0. The summed E-state index contributed by atoms with van der Waals surface area (Å²) in [6, 6.07) is 17.4. The van der Waals surface area contributed by atoms with E-state index in [1.54, 1.807) is 0 Å². The van der Waals surface area contributed by atoms with Gasteiger partial charge in [-0.1, -0.05) is 89.0 Å². The van der Waals surface area contributed by atoms with Crippen molar-refractivity contribution in [3.05, 3.63) is 59.7 Å². The Labute approximate surface area is 254 Å². The molecule has 0 saturated carbocycles. The fraction of sp³-hybridized carbons (Fsp3) is 0.667. The van der Waals surface area contributed by atoms with Gasteiger partial charge in [0.15, 0.2) is 0 Å². The SMILES string of the molecule is CCCCCCCCCCCCc1ccccc1Oc1ccccc1CCCCCCCC[CH]([Na])CCC. The van der Waals surface area contributed by atoms with Crippen molar-refractivity contribution < 1.29 is 4.74 Å². The minimum absolute atomic E-state index is 1.05. The topological polar surface area (TPSA) is 9.23 Å². The van der Waals surface area contributed by atoms with E-state index >= 15 is 0 Å². The van der Waals surface area contributed by atoms with Gasteiger partial charge in [-0.25, -0.2) is 0 Å². The van der Waals surface area contributed by atoms with Crippen LogP contribution in [-0.2, 0) is 12.8 Å². The number of unbranched alkanes of at least 4 members (excludes halogenated alkanes) is 14. The van der Waals surface area contributed by atoms with Crippen molar-refractivity contribution in [2.75, 3.05) is 0 Å². The van der Waals surface area contributed by atoms with Crippen LogP contribution in [0.5, 0.6) is 11.5 Å². The minimum atomic E-state index is 1.05. The monoisotopic (exact) mass is 528 g/mol. The van der Waals surface area contributed by atoms with Crippen LogP contribution in [0.1, 0.15) is 147 Å². The number of hydrogen-bond acceptors (Lipinski definition) is 1. The number of rotatable bonds is 24. The maximum absolute atomic E-state index is 6.54. The Hall–Kier alpha value is -0.760. The number of para-hydroxylation sites is 2. The standard InChI is InChI=1S/C36H57O.Na/c1-3-5-7-9-11-13-15-17-19-21-27-33-29-23-25-31-35(33)37-36-32-26-24-30-34(36)28-22-20-18-16-14-12-10-8-6-4-2;/h7,23-26,29-32H,3-6,8-22,27-28H2,1-2H3;. The molecule has 0 saturated heterocycles. The third kappa shape index (κ3) is 15.7. The van der Waals surface area contributed by atoms with E-state index in [1.165, 1.54) is 161 Å². The van der Waals surface area contributed by atoms with Crippen LogP contribution in [0.3, 0.4) is 0 Å². The van der Waals surface area contributed by atoms with Crippen molar-refractivity contribution in [2.45, 2.75) is 152 Å². The first kappa shape index (κ1) is 33.4. The number of ether oxygens (including phenoxy) is 1. The molecule has 0 aliphatic heterocycles. The second kappa shape index (κ2) is 23.0. The van der Waals surface area contributed by atoms with Crippen LogP contribution in [0, 0.1) is 0 Å². The van der Waals surface area contributed by atoms with Gasteiger partial charge in [0, 0.05) is 0 Å². The molecule has 0 bridgehead atoms. The van der Waals surface area contributed by atoms with Crippen LogP contribution in [0.25, 0.3) is 0 Å². The van der Waals surface area contributed by atoms with Gasteiger partial charge in [0.1, 0.15) is 5.75 Å². The van der Waals surface area contributed by atoms with E-state index in [1.807, 2.05) is 0 Å². The van der Waals surface area contributed by atoms with Crippen LogP contribution in [0.4, 0.5) is 0 Å². The average molecular weight is 529 g/mol. The summed E-state index contributed by atoms with van der Waals surface area (Å²) in [5.41, 5.74) is 2.72. The van der Waals surface area contributed by atoms with Crippen LogP contribution < -0.4 is 4.74 Å². The van der Waals surface area contributed by atoms with Gasteiger partial charge in [-0.15, -0.1) is 0 Å². The molecule has 0 aliphatic carbocycles. The fourth-order valence-electron chi connectivity index (χ4n) is 5.69. The molecule has 0 amide bonds. The molecule has 0 fully saturated rings. The van der Waals surface area contributed by atoms with Gasteiger partial charge in [-0.3, -0.25) is 0 Å². The first-order valence-electron chi connectivity index (χ1n) is 16.6. The molecule has 208 valence electrons. The fourth-order valence-corrected chi connectivity index (χ4v) is 6.68. The van der Waals surface area contributed by atoms with Crippen molar-refractivity contribution in [2.24, 2.45) is 0 Å². The average Bonchev–Trinajstić information content (AvgIpc) is 2.93. The Bertz CT molecular complexity index is 816. The summed E-state index contributed by atoms with van der Waals surface area (Å²) in [6.07, 6.45) is 28.6. The molecule has 38 heavy (non-hydrogen) atoms. The molecule has 0 heterocycles. The van der Waals surface area contributed by atoms with Crippen LogP contribution in [-0.4, -0.2) is 27.9 Å². The number of hydrogen-bond donors (Lipinski definition) is 0. The van der Waals surface area contributed by atoms with Gasteiger partial charge < -0.3 is 0 Å². The Morgan fingerprint density at radius 1 is 0.500 bits per heavy atom. The van der Waals surface area contributed by atoms with E-state index < -0.39 is 0 Å². The number of benzene rings is 2. The summed E-state index contributed by atoms with van der Waals surface area (Å²) in [5, 5.41) is 0. The molecule has 0 aromatic heterocycles. The molecule has 0 spiro atoms. The molecule has 0 aliphatic rings. The summed E-state index contributed by atoms with van der Waals surface area (Å²) in [6.45, 7) is 4.62. The third-order valence-electron chi connectivity index (χ3n) is 8.14. The summed E-state index contributed by atoms with van der Waals surface area (Å²) in [5.74, 6) is 2.10.